The molecule has 2 aromatic carbocycles. The van der Waals surface area contributed by atoms with E-state index >= 15 is 0 Å². The summed E-state index contributed by atoms with van der Waals surface area (Å²) in [5.74, 6) is 0.972. The molecule has 1 aromatic heterocycles. The summed E-state index contributed by atoms with van der Waals surface area (Å²) in [6, 6.07) is 14.8. The predicted octanol–water partition coefficient (Wildman–Crippen LogP) is 4.43. The highest BCUT2D eigenvalue weighted by atomic mass is 19.4. The Morgan fingerprint density at radius 2 is 1.72 bits per heavy atom. The molecule has 1 aliphatic rings. The van der Waals surface area contributed by atoms with Gasteiger partial charge in [-0.15, -0.1) is 10.2 Å². The molecule has 0 unspecified atom stereocenters. The number of benzene rings is 2. The van der Waals surface area contributed by atoms with Crippen LogP contribution < -0.4 is 4.90 Å². The van der Waals surface area contributed by atoms with Crippen molar-refractivity contribution in [1.82, 2.24) is 15.1 Å². The van der Waals surface area contributed by atoms with Gasteiger partial charge in [-0.3, -0.25) is 4.79 Å². The third-order valence-corrected chi connectivity index (χ3v) is 5.44. The van der Waals surface area contributed by atoms with Crippen LogP contribution in [-0.4, -0.2) is 47.2 Å². The van der Waals surface area contributed by atoms with Crippen LogP contribution in [0, 0.1) is 0 Å². The Morgan fingerprint density at radius 1 is 0.969 bits per heavy atom. The summed E-state index contributed by atoms with van der Waals surface area (Å²) in [6.45, 7) is 1.95. The van der Waals surface area contributed by atoms with E-state index in [1.165, 1.54) is 6.07 Å². The molecule has 0 spiro atoms. The van der Waals surface area contributed by atoms with Gasteiger partial charge in [0.15, 0.2) is 0 Å². The third kappa shape index (κ3) is 5.27. The molecule has 168 valence electrons. The van der Waals surface area contributed by atoms with Crippen LogP contribution in [0.5, 0.6) is 0 Å². The molecular formula is C23H23F3N4O2. The van der Waals surface area contributed by atoms with Crippen LogP contribution in [0.1, 0.15) is 24.3 Å². The number of anilines is 1. The van der Waals surface area contributed by atoms with Crippen molar-refractivity contribution in [2.75, 3.05) is 31.1 Å². The standard InChI is InChI=1S/C23H23F3N4O2/c24-23(25,26)18-8-4-9-19(16-18)29-12-14-30(15-13-29)21(31)11-5-10-20-27-28-22(32-20)17-6-2-1-3-7-17/h1-4,6-9,16H,5,10-15H2. The van der Waals surface area contributed by atoms with Crippen molar-refractivity contribution in [3.05, 3.63) is 66.1 Å². The van der Waals surface area contributed by atoms with Gasteiger partial charge in [-0.1, -0.05) is 24.3 Å². The fraction of sp³-hybridized carbons (Fsp3) is 0.348. The molecule has 0 atom stereocenters. The molecule has 0 saturated carbocycles. The van der Waals surface area contributed by atoms with Crippen molar-refractivity contribution in [3.63, 3.8) is 0 Å². The Kier molecular flexibility index (Phi) is 6.43. The largest absolute Gasteiger partial charge is 0.421 e. The number of hydrogen-bond acceptors (Lipinski definition) is 5. The maximum absolute atomic E-state index is 12.9. The van der Waals surface area contributed by atoms with Crippen molar-refractivity contribution in [2.45, 2.75) is 25.4 Å². The number of piperazine rings is 1. The third-order valence-electron chi connectivity index (χ3n) is 5.44. The maximum atomic E-state index is 12.9. The lowest BCUT2D eigenvalue weighted by atomic mass is 10.1. The van der Waals surface area contributed by atoms with E-state index in [1.807, 2.05) is 35.2 Å². The smallest absolute Gasteiger partial charge is 0.416 e. The van der Waals surface area contributed by atoms with Crippen molar-refractivity contribution in [3.8, 4) is 11.5 Å². The maximum Gasteiger partial charge on any atom is 0.416 e. The molecular weight excluding hydrogens is 421 g/mol. The van der Waals surface area contributed by atoms with Crippen molar-refractivity contribution >= 4 is 11.6 Å². The molecule has 0 N–H and O–H groups in total. The van der Waals surface area contributed by atoms with Crippen LogP contribution in [0.2, 0.25) is 0 Å². The minimum absolute atomic E-state index is 0.0245. The van der Waals surface area contributed by atoms with Gasteiger partial charge in [-0.2, -0.15) is 13.2 Å². The second-order valence-corrected chi connectivity index (χ2v) is 7.64. The van der Waals surface area contributed by atoms with Gasteiger partial charge >= 0.3 is 6.18 Å². The zero-order chi connectivity index (χ0) is 22.6. The summed E-state index contributed by atoms with van der Waals surface area (Å²) >= 11 is 0. The predicted molar refractivity (Wildman–Crippen MR) is 113 cm³/mol. The lowest BCUT2D eigenvalue weighted by Gasteiger charge is -2.36. The van der Waals surface area contributed by atoms with E-state index in [9.17, 15) is 18.0 Å². The number of hydrogen-bond donors (Lipinski definition) is 0. The summed E-state index contributed by atoms with van der Waals surface area (Å²) in [6.07, 6.45) is -2.92. The van der Waals surface area contributed by atoms with Crippen molar-refractivity contribution in [2.24, 2.45) is 0 Å². The van der Waals surface area contributed by atoms with Gasteiger partial charge in [-0.05, 0) is 36.8 Å². The van der Waals surface area contributed by atoms with Crippen molar-refractivity contribution in [1.29, 1.82) is 0 Å². The lowest BCUT2D eigenvalue weighted by molar-refractivity contribution is -0.137. The number of halogens is 3. The van der Waals surface area contributed by atoms with E-state index in [0.29, 0.717) is 62.9 Å². The first-order chi connectivity index (χ1) is 15.4. The first kappa shape index (κ1) is 21.9. The highest BCUT2D eigenvalue weighted by Gasteiger charge is 2.31. The summed E-state index contributed by atoms with van der Waals surface area (Å²) in [4.78, 5) is 16.2. The van der Waals surface area contributed by atoms with E-state index < -0.39 is 11.7 Å². The molecule has 0 aliphatic carbocycles. The van der Waals surface area contributed by atoms with Crippen molar-refractivity contribution < 1.29 is 22.4 Å². The normalized spacial score (nSPS) is 14.6. The van der Waals surface area contributed by atoms with E-state index in [0.717, 1.165) is 17.7 Å². The van der Waals surface area contributed by atoms with Gasteiger partial charge in [0.1, 0.15) is 0 Å². The highest BCUT2D eigenvalue weighted by Crippen LogP contribution is 2.32. The number of carbonyl (C=O) groups excluding carboxylic acids is 1. The fourth-order valence-corrected chi connectivity index (χ4v) is 3.69. The zero-order valence-electron chi connectivity index (χ0n) is 17.4. The van der Waals surface area contributed by atoms with Gasteiger partial charge in [0.2, 0.25) is 17.7 Å². The lowest BCUT2D eigenvalue weighted by Crippen LogP contribution is -2.48. The number of aromatic nitrogens is 2. The first-order valence-electron chi connectivity index (χ1n) is 10.5. The molecule has 0 bridgehead atoms. The van der Waals surface area contributed by atoms with Crippen LogP contribution in [0.4, 0.5) is 18.9 Å². The van der Waals surface area contributed by atoms with E-state index in [-0.39, 0.29) is 5.91 Å². The number of alkyl halides is 3. The monoisotopic (exact) mass is 444 g/mol. The second-order valence-electron chi connectivity index (χ2n) is 7.64. The number of rotatable bonds is 6. The van der Waals surface area contributed by atoms with Gasteiger partial charge in [0.05, 0.1) is 5.56 Å². The average molecular weight is 444 g/mol. The number of amides is 1. The molecule has 1 saturated heterocycles. The van der Waals surface area contributed by atoms with Crippen LogP contribution in [0.3, 0.4) is 0 Å². The summed E-state index contributed by atoms with van der Waals surface area (Å²) in [5.41, 5.74) is 0.712. The van der Waals surface area contributed by atoms with E-state index in [2.05, 4.69) is 10.2 Å². The second kappa shape index (κ2) is 9.42. The molecule has 4 rings (SSSR count). The minimum Gasteiger partial charge on any atom is -0.421 e. The molecule has 6 nitrogen and oxygen atoms in total. The molecule has 2 heterocycles. The van der Waals surface area contributed by atoms with E-state index in [1.54, 1.807) is 11.0 Å². The highest BCUT2D eigenvalue weighted by molar-refractivity contribution is 5.76. The summed E-state index contributed by atoms with van der Waals surface area (Å²) in [5, 5.41) is 8.09. The topological polar surface area (TPSA) is 62.5 Å². The molecule has 32 heavy (non-hydrogen) atoms. The Labute approximate surface area is 183 Å². The molecule has 1 aliphatic heterocycles. The van der Waals surface area contributed by atoms with E-state index in [4.69, 9.17) is 4.42 Å². The molecule has 3 aromatic rings. The van der Waals surface area contributed by atoms with Crippen LogP contribution in [0.15, 0.2) is 59.0 Å². The summed E-state index contributed by atoms with van der Waals surface area (Å²) < 4.78 is 44.5. The fourth-order valence-electron chi connectivity index (χ4n) is 3.69. The molecule has 0 radical (unpaired) electrons. The van der Waals surface area contributed by atoms with Gasteiger partial charge in [0, 0.05) is 50.3 Å². The Hall–Kier alpha value is -3.36. The van der Waals surface area contributed by atoms with Gasteiger partial charge < -0.3 is 14.2 Å². The minimum atomic E-state index is -4.37. The Balaban J connectivity index is 1.24. The Morgan fingerprint density at radius 3 is 2.44 bits per heavy atom. The number of carbonyl (C=O) groups is 1. The van der Waals surface area contributed by atoms with Gasteiger partial charge in [-0.25, -0.2) is 0 Å². The first-order valence-corrected chi connectivity index (χ1v) is 10.5. The summed E-state index contributed by atoms with van der Waals surface area (Å²) in [7, 11) is 0. The zero-order valence-corrected chi connectivity index (χ0v) is 17.4. The van der Waals surface area contributed by atoms with Crippen LogP contribution in [-0.2, 0) is 17.4 Å². The molecule has 9 heteroatoms. The number of nitrogens with zero attached hydrogens (tertiary/aromatic N) is 4. The van der Waals surface area contributed by atoms with Crippen LogP contribution >= 0.6 is 0 Å². The molecule has 1 fully saturated rings. The van der Waals surface area contributed by atoms with Gasteiger partial charge in [0.25, 0.3) is 0 Å². The SMILES string of the molecule is O=C(CCCc1nnc(-c2ccccc2)o1)N1CCN(c2cccc(C(F)(F)F)c2)CC1. The quantitative estimate of drug-likeness (QED) is 0.563. The Bertz CT molecular complexity index is 1040. The van der Waals surface area contributed by atoms with Crippen LogP contribution in [0.25, 0.3) is 11.5 Å². The average Bonchev–Trinajstić information content (AvgIpc) is 3.28. The molecule has 1 amide bonds. The number of aryl methyl sites for hydroxylation is 1.